The summed E-state index contributed by atoms with van der Waals surface area (Å²) in [6.45, 7) is 5.30. The van der Waals surface area contributed by atoms with Crippen LogP contribution in [0.25, 0.3) is 0 Å². The molecule has 1 fully saturated rings. The first kappa shape index (κ1) is 11.8. The molecule has 0 N–H and O–H groups in total. The Morgan fingerprint density at radius 3 is 2.89 bits per heavy atom. The molecule has 1 aliphatic heterocycles. The zero-order chi connectivity index (χ0) is 12.8. The highest BCUT2D eigenvalue weighted by molar-refractivity contribution is 5.78. The number of aryl methyl sites for hydroxylation is 1. The molecule has 1 saturated heterocycles. The molecule has 0 spiro atoms. The predicted molar refractivity (Wildman–Crippen MR) is 72.5 cm³/mol. The average Bonchev–Trinajstić information content (AvgIpc) is 2.40. The molecule has 1 heterocycles. The molecule has 0 aromatic heterocycles. The van der Waals surface area contributed by atoms with E-state index in [-0.39, 0.29) is 5.41 Å². The molecule has 3 rings (SSSR count). The number of likely N-dealkylation sites (N-methyl/N-ethyl adjacent to an activating group) is 1. The largest absolute Gasteiger partial charge is 0.339 e. The van der Waals surface area contributed by atoms with Crippen LogP contribution in [0.3, 0.4) is 0 Å². The molecular weight excluding hydrogens is 222 g/mol. The minimum atomic E-state index is 0.165. The molecule has 2 nitrogen and oxygen atoms in total. The lowest BCUT2D eigenvalue weighted by Crippen LogP contribution is -2.57. The van der Waals surface area contributed by atoms with Gasteiger partial charge < -0.3 is 4.90 Å². The first-order valence-corrected chi connectivity index (χ1v) is 7.04. The minimum absolute atomic E-state index is 0.165. The van der Waals surface area contributed by atoms with E-state index in [4.69, 9.17) is 0 Å². The number of benzene rings is 1. The summed E-state index contributed by atoms with van der Waals surface area (Å²) in [5.41, 5.74) is 3.13. The monoisotopic (exact) mass is 243 g/mol. The van der Waals surface area contributed by atoms with Gasteiger partial charge in [0, 0.05) is 24.4 Å². The highest BCUT2D eigenvalue weighted by Crippen LogP contribution is 2.45. The van der Waals surface area contributed by atoms with E-state index >= 15 is 0 Å². The van der Waals surface area contributed by atoms with Crippen LogP contribution in [-0.4, -0.2) is 23.4 Å². The molecule has 0 unspecified atom stereocenters. The lowest BCUT2D eigenvalue weighted by molar-refractivity contribution is -0.139. The molecule has 0 bridgehead atoms. The lowest BCUT2D eigenvalue weighted by Gasteiger charge is -2.51. The number of nitrogens with zero attached hydrogens (tertiary/aromatic N) is 1. The third kappa shape index (κ3) is 1.51. The van der Waals surface area contributed by atoms with Gasteiger partial charge in [-0.25, -0.2) is 0 Å². The van der Waals surface area contributed by atoms with Crippen LogP contribution in [0.2, 0.25) is 0 Å². The summed E-state index contributed by atoms with van der Waals surface area (Å²) in [4.78, 5) is 14.2. The summed E-state index contributed by atoms with van der Waals surface area (Å²) >= 11 is 0. The van der Waals surface area contributed by atoms with Gasteiger partial charge in [0.25, 0.3) is 0 Å². The quantitative estimate of drug-likeness (QED) is 0.742. The van der Waals surface area contributed by atoms with Crippen molar-refractivity contribution >= 4 is 5.91 Å². The second-order valence-electron chi connectivity index (χ2n) is 5.81. The lowest BCUT2D eigenvalue weighted by atomic mass is 9.63. The van der Waals surface area contributed by atoms with E-state index in [9.17, 15) is 4.79 Å². The summed E-state index contributed by atoms with van der Waals surface area (Å²) < 4.78 is 0. The van der Waals surface area contributed by atoms with Crippen LogP contribution in [0, 0.1) is 0 Å². The van der Waals surface area contributed by atoms with Gasteiger partial charge >= 0.3 is 0 Å². The van der Waals surface area contributed by atoms with Crippen molar-refractivity contribution < 1.29 is 4.79 Å². The third-order valence-electron chi connectivity index (χ3n) is 4.95. The molecule has 18 heavy (non-hydrogen) atoms. The summed E-state index contributed by atoms with van der Waals surface area (Å²) in [5, 5.41) is 0. The Balaban J connectivity index is 2.07. The van der Waals surface area contributed by atoms with Gasteiger partial charge in [0.05, 0.1) is 0 Å². The number of carbonyl (C=O) groups is 1. The van der Waals surface area contributed by atoms with Gasteiger partial charge in [0.2, 0.25) is 5.91 Å². The van der Waals surface area contributed by atoms with E-state index in [2.05, 4.69) is 43.0 Å². The number of amides is 1. The maximum Gasteiger partial charge on any atom is 0.222 e. The number of rotatable bonds is 1. The number of fused-ring (bicyclic) bond motifs is 3. The maximum atomic E-state index is 12.1. The zero-order valence-electron chi connectivity index (χ0n) is 11.3. The smallest absolute Gasteiger partial charge is 0.222 e. The summed E-state index contributed by atoms with van der Waals surface area (Å²) in [5.74, 6) is 0.347. The van der Waals surface area contributed by atoms with Gasteiger partial charge in [-0.15, -0.1) is 0 Å². The Hall–Kier alpha value is -1.31. The number of likely N-dealkylation sites (tertiary alicyclic amines) is 1. The van der Waals surface area contributed by atoms with Gasteiger partial charge in [-0.1, -0.05) is 31.2 Å². The van der Waals surface area contributed by atoms with Crippen LogP contribution >= 0.6 is 0 Å². The molecule has 96 valence electrons. The molecule has 1 aromatic carbocycles. The molecule has 2 atom stereocenters. The normalized spacial score (nSPS) is 30.9. The Bertz CT molecular complexity index is 482. The van der Waals surface area contributed by atoms with Crippen LogP contribution < -0.4 is 0 Å². The molecule has 1 aromatic rings. The molecule has 2 heteroatoms. The van der Waals surface area contributed by atoms with Crippen molar-refractivity contribution in [3.63, 3.8) is 0 Å². The fourth-order valence-corrected chi connectivity index (χ4v) is 3.97. The number of piperidine rings is 1. The second kappa shape index (κ2) is 4.11. The van der Waals surface area contributed by atoms with Crippen molar-refractivity contribution in [2.45, 2.75) is 51.0 Å². The fourth-order valence-electron chi connectivity index (χ4n) is 3.97. The molecule has 1 amide bonds. The highest BCUT2D eigenvalue weighted by Gasteiger charge is 2.47. The van der Waals surface area contributed by atoms with Crippen molar-refractivity contribution in [3.05, 3.63) is 35.4 Å². The van der Waals surface area contributed by atoms with Crippen LogP contribution in [0.1, 0.15) is 44.2 Å². The molecule has 2 aliphatic rings. The maximum absolute atomic E-state index is 12.1. The van der Waals surface area contributed by atoms with E-state index in [1.165, 1.54) is 11.1 Å². The highest BCUT2D eigenvalue weighted by atomic mass is 16.2. The number of hydrogen-bond donors (Lipinski definition) is 0. The summed E-state index contributed by atoms with van der Waals surface area (Å²) in [7, 11) is 0. The SMILES string of the molecule is CCN1C(=O)CC[C@]2(C)c3ccccc3CC[C@@H]12. The summed E-state index contributed by atoms with van der Waals surface area (Å²) in [6.07, 6.45) is 3.94. The Morgan fingerprint density at radius 1 is 1.33 bits per heavy atom. The van der Waals surface area contributed by atoms with Gasteiger partial charge in [-0.05, 0) is 37.3 Å². The molecule has 1 aliphatic carbocycles. The first-order valence-electron chi connectivity index (χ1n) is 7.04. The van der Waals surface area contributed by atoms with Crippen LogP contribution in [-0.2, 0) is 16.6 Å². The Kier molecular flexibility index (Phi) is 2.69. The van der Waals surface area contributed by atoms with Gasteiger partial charge in [0.1, 0.15) is 0 Å². The van der Waals surface area contributed by atoms with Crippen molar-refractivity contribution in [2.75, 3.05) is 6.54 Å². The van der Waals surface area contributed by atoms with Crippen LogP contribution in [0.4, 0.5) is 0 Å². The summed E-state index contributed by atoms with van der Waals surface area (Å²) in [6, 6.07) is 9.20. The third-order valence-corrected chi connectivity index (χ3v) is 4.95. The number of carbonyl (C=O) groups excluding carboxylic acids is 1. The van der Waals surface area contributed by atoms with Crippen molar-refractivity contribution in [3.8, 4) is 0 Å². The predicted octanol–water partition coefficient (Wildman–Crippen LogP) is 2.90. The Morgan fingerprint density at radius 2 is 2.11 bits per heavy atom. The fraction of sp³-hybridized carbons (Fsp3) is 0.562. The van der Waals surface area contributed by atoms with Crippen molar-refractivity contribution in [1.82, 2.24) is 4.90 Å². The van der Waals surface area contributed by atoms with E-state index in [1.54, 1.807) is 0 Å². The van der Waals surface area contributed by atoms with Crippen LogP contribution in [0.5, 0.6) is 0 Å². The Labute approximate surface area is 109 Å². The standard InChI is InChI=1S/C16H21NO/c1-3-17-14-9-8-12-6-4-5-7-13(12)16(14,2)11-10-15(17)18/h4-7,14H,3,8-11H2,1-2H3/t14-,16-/m1/s1. The van der Waals surface area contributed by atoms with E-state index in [0.29, 0.717) is 18.4 Å². The molecule has 0 radical (unpaired) electrons. The van der Waals surface area contributed by atoms with Gasteiger partial charge in [0.15, 0.2) is 0 Å². The van der Waals surface area contributed by atoms with E-state index in [1.807, 2.05) is 0 Å². The van der Waals surface area contributed by atoms with Gasteiger partial charge in [-0.3, -0.25) is 4.79 Å². The number of hydrogen-bond acceptors (Lipinski definition) is 1. The molecule has 0 saturated carbocycles. The van der Waals surface area contributed by atoms with E-state index < -0.39 is 0 Å². The minimum Gasteiger partial charge on any atom is -0.339 e. The van der Waals surface area contributed by atoms with E-state index in [0.717, 1.165) is 25.8 Å². The van der Waals surface area contributed by atoms with Crippen molar-refractivity contribution in [2.24, 2.45) is 0 Å². The zero-order valence-corrected chi connectivity index (χ0v) is 11.3. The average molecular weight is 243 g/mol. The van der Waals surface area contributed by atoms with Crippen LogP contribution in [0.15, 0.2) is 24.3 Å². The second-order valence-corrected chi connectivity index (χ2v) is 5.81. The molecular formula is C16H21NO. The first-order chi connectivity index (χ1) is 8.66. The van der Waals surface area contributed by atoms with Gasteiger partial charge in [-0.2, -0.15) is 0 Å². The van der Waals surface area contributed by atoms with Crippen molar-refractivity contribution in [1.29, 1.82) is 0 Å². The topological polar surface area (TPSA) is 20.3 Å².